The Morgan fingerprint density at radius 3 is 2.73 bits per heavy atom. The van der Waals surface area contributed by atoms with Crippen LogP contribution in [0.25, 0.3) is 0 Å². The molecular weight excluding hydrogens is 332 g/mol. The molecule has 0 saturated carbocycles. The maximum absolute atomic E-state index is 12.8. The molecule has 0 radical (unpaired) electrons. The fraction of sp³-hybridized carbons (Fsp3) is 0.300. The number of para-hydroxylation sites is 2. The Morgan fingerprint density at radius 1 is 1.23 bits per heavy atom. The predicted octanol–water partition coefficient (Wildman–Crippen LogP) is 2.49. The highest BCUT2D eigenvalue weighted by Gasteiger charge is 2.27. The third-order valence-corrected chi connectivity index (χ3v) is 4.20. The minimum absolute atomic E-state index is 0.159. The van der Waals surface area contributed by atoms with E-state index in [1.54, 1.807) is 36.3 Å². The number of ether oxygens (including phenoxy) is 3. The molecule has 6 heteroatoms. The van der Waals surface area contributed by atoms with Crippen LogP contribution in [-0.2, 0) is 4.74 Å². The van der Waals surface area contributed by atoms with Crippen LogP contribution in [0.2, 0.25) is 0 Å². The van der Waals surface area contributed by atoms with Crippen LogP contribution in [0.1, 0.15) is 15.9 Å². The van der Waals surface area contributed by atoms with Crippen molar-refractivity contribution in [2.24, 2.45) is 0 Å². The largest absolute Gasteiger partial charge is 0.493 e. The van der Waals surface area contributed by atoms with Gasteiger partial charge in [-0.1, -0.05) is 24.3 Å². The van der Waals surface area contributed by atoms with Crippen molar-refractivity contribution in [2.75, 3.05) is 33.4 Å². The Hall–Kier alpha value is -3.04. The number of nitrogens with zero attached hydrogens (tertiary/aromatic N) is 2. The van der Waals surface area contributed by atoms with Crippen LogP contribution in [-0.4, -0.2) is 50.3 Å². The summed E-state index contributed by atoms with van der Waals surface area (Å²) < 4.78 is 16.8. The van der Waals surface area contributed by atoms with Crippen LogP contribution < -0.4 is 9.47 Å². The number of amides is 1. The Bertz CT molecular complexity index is 815. The SMILES string of the molecule is COc1ccccc1OCC1CN(C(=O)c2ccccc2C#N)CCO1. The second kappa shape index (κ2) is 8.37. The second-order valence-corrected chi connectivity index (χ2v) is 5.86. The van der Waals surface area contributed by atoms with Crippen LogP contribution in [0, 0.1) is 11.3 Å². The molecule has 0 spiro atoms. The minimum atomic E-state index is -0.244. The first-order chi connectivity index (χ1) is 12.7. The van der Waals surface area contributed by atoms with Gasteiger partial charge in [-0.3, -0.25) is 4.79 Å². The standard InChI is InChI=1S/C20H20N2O4/c1-24-18-8-4-5-9-19(18)26-14-16-13-22(10-11-25-16)20(23)17-7-3-2-6-15(17)12-21/h2-9,16H,10-11,13-14H2,1H3. The molecule has 0 aliphatic carbocycles. The van der Waals surface area contributed by atoms with E-state index in [9.17, 15) is 10.1 Å². The van der Waals surface area contributed by atoms with Crippen molar-refractivity contribution in [2.45, 2.75) is 6.10 Å². The topological polar surface area (TPSA) is 71.8 Å². The summed E-state index contributed by atoms with van der Waals surface area (Å²) in [5.41, 5.74) is 0.798. The summed E-state index contributed by atoms with van der Waals surface area (Å²) in [6, 6.07) is 16.3. The molecular formula is C20H20N2O4. The van der Waals surface area contributed by atoms with Crippen LogP contribution in [0.4, 0.5) is 0 Å². The highest BCUT2D eigenvalue weighted by atomic mass is 16.5. The van der Waals surface area contributed by atoms with Gasteiger partial charge in [-0.2, -0.15) is 5.26 Å². The summed E-state index contributed by atoms with van der Waals surface area (Å²) >= 11 is 0. The van der Waals surface area contributed by atoms with Crippen molar-refractivity contribution in [1.29, 1.82) is 5.26 Å². The van der Waals surface area contributed by atoms with Gasteiger partial charge in [0.2, 0.25) is 0 Å². The highest BCUT2D eigenvalue weighted by molar-refractivity contribution is 5.96. The molecule has 134 valence electrons. The van der Waals surface area contributed by atoms with Crippen LogP contribution in [0.15, 0.2) is 48.5 Å². The maximum atomic E-state index is 12.8. The van der Waals surface area contributed by atoms with Crippen molar-refractivity contribution in [3.63, 3.8) is 0 Å². The molecule has 2 aromatic carbocycles. The predicted molar refractivity (Wildman–Crippen MR) is 95.3 cm³/mol. The molecule has 0 bridgehead atoms. The van der Waals surface area contributed by atoms with Crippen LogP contribution >= 0.6 is 0 Å². The van der Waals surface area contributed by atoms with E-state index in [-0.39, 0.29) is 12.0 Å². The summed E-state index contributed by atoms with van der Waals surface area (Å²) in [4.78, 5) is 14.5. The molecule has 1 fully saturated rings. The van der Waals surface area contributed by atoms with E-state index in [4.69, 9.17) is 14.2 Å². The number of carbonyl (C=O) groups is 1. The minimum Gasteiger partial charge on any atom is -0.493 e. The van der Waals surface area contributed by atoms with Crippen molar-refractivity contribution < 1.29 is 19.0 Å². The van der Waals surface area contributed by atoms with Gasteiger partial charge in [-0.15, -0.1) is 0 Å². The zero-order valence-corrected chi connectivity index (χ0v) is 14.6. The van der Waals surface area contributed by atoms with Gasteiger partial charge in [0.05, 0.1) is 37.5 Å². The zero-order chi connectivity index (χ0) is 18.4. The number of methoxy groups -OCH3 is 1. The lowest BCUT2D eigenvalue weighted by Crippen LogP contribution is -2.47. The maximum Gasteiger partial charge on any atom is 0.255 e. The monoisotopic (exact) mass is 352 g/mol. The summed E-state index contributed by atoms with van der Waals surface area (Å²) in [7, 11) is 1.59. The Labute approximate surface area is 152 Å². The van der Waals surface area contributed by atoms with E-state index in [1.165, 1.54) is 0 Å². The quantitative estimate of drug-likeness (QED) is 0.827. The normalized spacial score (nSPS) is 16.6. The van der Waals surface area contributed by atoms with Crippen molar-refractivity contribution in [3.05, 3.63) is 59.7 Å². The number of carbonyl (C=O) groups excluding carboxylic acids is 1. The number of morpholine rings is 1. The lowest BCUT2D eigenvalue weighted by atomic mass is 10.1. The van der Waals surface area contributed by atoms with E-state index in [0.29, 0.717) is 48.9 Å². The molecule has 26 heavy (non-hydrogen) atoms. The molecule has 1 aliphatic rings. The number of rotatable bonds is 5. The van der Waals surface area contributed by atoms with Gasteiger partial charge in [-0.05, 0) is 24.3 Å². The molecule has 1 aliphatic heterocycles. The van der Waals surface area contributed by atoms with Gasteiger partial charge in [0.25, 0.3) is 5.91 Å². The zero-order valence-electron chi connectivity index (χ0n) is 14.6. The molecule has 0 N–H and O–H groups in total. The summed E-state index contributed by atoms with van der Waals surface area (Å²) in [6.45, 7) is 1.64. The van der Waals surface area contributed by atoms with Crippen LogP contribution in [0.5, 0.6) is 11.5 Å². The molecule has 2 aromatic rings. The number of hydrogen-bond acceptors (Lipinski definition) is 5. The third-order valence-electron chi connectivity index (χ3n) is 4.20. The summed E-state index contributed by atoms with van der Waals surface area (Å²) in [6.07, 6.45) is -0.244. The van der Waals surface area contributed by atoms with E-state index in [1.807, 2.05) is 24.3 Å². The Morgan fingerprint density at radius 2 is 1.96 bits per heavy atom. The Balaban J connectivity index is 1.64. The third kappa shape index (κ3) is 3.95. The van der Waals surface area contributed by atoms with E-state index < -0.39 is 0 Å². The highest BCUT2D eigenvalue weighted by Crippen LogP contribution is 2.26. The molecule has 6 nitrogen and oxygen atoms in total. The van der Waals surface area contributed by atoms with E-state index in [0.717, 1.165) is 0 Å². The number of hydrogen-bond donors (Lipinski definition) is 0. The lowest BCUT2D eigenvalue weighted by Gasteiger charge is -2.33. The second-order valence-electron chi connectivity index (χ2n) is 5.86. The smallest absolute Gasteiger partial charge is 0.255 e. The van der Waals surface area contributed by atoms with Crippen molar-refractivity contribution in [1.82, 2.24) is 4.90 Å². The van der Waals surface area contributed by atoms with Crippen molar-refractivity contribution in [3.8, 4) is 17.6 Å². The molecule has 1 heterocycles. The molecule has 0 aromatic heterocycles. The number of nitriles is 1. The van der Waals surface area contributed by atoms with Gasteiger partial charge in [0, 0.05) is 6.54 Å². The fourth-order valence-electron chi connectivity index (χ4n) is 2.86. The van der Waals surface area contributed by atoms with E-state index >= 15 is 0 Å². The van der Waals surface area contributed by atoms with Gasteiger partial charge in [0.1, 0.15) is 12.7 Å². The molecule has 1 saturated heterocycles. The van der Waals surface area contributed by atoms with Crippen LogP contribution in [0.3, 0.4) is 0 Å². The molecule has 1 atom stereocenters. The van der Waals surface area contributed by atoms with Gasteiger partial charge in [-0.25, -0.2) is 0 Å². The molecule has 1 unspecified atom stereocenters. The van der Waals surface area contributed by atoms with Gasteiger partial charge < -0.3 is 19.1 Å². The molecule has 1 amide bonds. The first kappa shape index (κ1) is 17.8. The summed E-state index contributed by atoms with van der Waals surface area (Å²) in [5, 5.41) is 9.20. The summed E-state index contributed by atoms with van der Waals surface area (Å²) in [5.74, 6) is 1.13. The lowest BCUT2D eigenvalue weighted by molar-refractivity contribution is -0.0403. The first-order valence-electron chi connectivity index (χ1n) is 8.38. The van der Waals surface area contributed by atoms with Crippen molar-refractivity contribution >= 4 is 5.91 Å². The van der Waals surface area contributed by atoms with Gasteiger partial charge in [0.15, 0.2) is 11.5 Å². The van der Waals surface area contributed by atoms with E-state index in [2.05, 4.69) is 6.07 Å². The Kier molecular flexibility index (Phi) is 5.72. The fourth-order valence-corrected chi connectivity index (χ4v) is 2.86. The average molecular weight is 352 g/mol. The van der Waals surface area contributed by atoms with Gasteiger partial charge >= 0.3 is 0 Å². The first-order valence-corrected chi connectivity index (χ1v) is 8.38. The molecule has 3 rings (SSSR count). The average Bonchev–Trinajstić information content (AvgIpc) is 2.72. The number of benzene rings is 2.